The zero-order valence-corrected chi connectivity index (χ0v) is 18.4. The van der Waals surface area contributed by atoms with Crippen LogP contribution in [0.15, 0.2) is 47.8 Å². The molecule has 3 aromatic rings. The van der Waals surface area contributed by atoms with Gasteiger partial charge in [0.25, 0.3) is 0 Å². The molecule has 1 aromatic carbocycles. The summed E-state index contributed by atoms with van der Waals surface area (Å²) in [5.74, 6) is -1.93. The summed E-state index contributed by atoms with van der Waals surface area (Å²) >= 11 is 0. The standard InChI is InChI=1S/C23H20F3N7O2/c24-16-9-15(10-17(25)11-16)19-3-4-29-33(19)23(35)32-7-5-31(6-8-32)22-28-13-18(26)21(30-22)14-1-2-20(34)27-12-14/h1-2,4,9-13,19H,3,5-8H2,(H,27,34)/t19-/m0/s1. The quantitative estimate of drug-likeness (QED) is 0.614. The fourth-order valence-corrected chi connectivity index (χ4v) is 4.12. The van der Waals surface area contributed by atoms with E-state index >= 15 is 0 Å². The Labute approximate surface area is 198 Å². The van der Waals surface area contributed by atoms with Crippen molar-refractivity contribution >= 4 is 18.2 Å². The van der Waals surface area contributed by atoms with Crippen LogP contribution in [0.1, 0.15) is 18.0 Å². The van der Waals surface area contributed by atoms with E-state index in [9.17, 15) is 23.1 Å². The largest absolute Gasteiger partial charge is 0.493 e. The number of anilines is 1. The summed E-state index contributed by atoms with van der Waals surface area (Å²) in [4.78, 5) is 28.7. The number of aromatic nitrogens is 3. The fourth-order valence-electron chi connectivity index (χ4n) is 4.12. The second kappa shape index (κ2) is 9.20. The van der Waals surface area contributed by atoms with E-state index in [1.165, 1.54) is 35.5 Å². The van der Waals surface area contributed by atoms with Crippen molar-refractivity contribution in [1.29, 1.82) is 0 Å². The molecule has 1 N–H and O–H groups in total. The van der Waals surface area contributed by atoms with Crippen LogP contribution in [-0.4, -0.2) is 68.4 Å². The molecule has 1 saturated heterocycles. The number of piperazine rings is 1. The van der Waals surface area contributed by atoms with Crippen LogP contribution in [0.4, 0.5) is 23.9 Å². The summed E-state index contributed by atoms with van der Waals surface area (Å²) in [6.45, 7) is 1.43. The number of aromatic hydroxyl groups is 1. The van der Waals surface area contributed by atoms with Crippen molar-refractivity contribution in [3.8, 4) is 17.1 Å². The third kappa shape index (κ3) is 4.59. The molecule has 35 heavy (non-hydrogen) atoms. The molecular formula is C23H20F3N7O2. The van der Waals surface area contributed by atoms with Crippen LogP contribution in [-0.2, 0) is 0 Å². The number of hydrogen-bond acceptors (Lipinski definition) is 7. The molecule has 0 aliphatic carbocycles. The Kier molecular flexibility index (Phi) is 5.93. The number of carbonyl (C=O) groups excluding carboxylic acids is 1. The number of benzene rings is 1. The number of pyridine rings is 1. The monoisotopic (exact) mass is 483 g/mol. The highest BCUT2D eigenvalue weighted by Crippen LogP contribution is 2.31. The minimum atomic E-state index is -0.713. The first-order valence-corrected chi connectivity index (χ1v) is 10.9. The van der Waals surface area contributed by atoms with E-state index in [4.69, 9.17) is 0 Å². The van der Waals surface area contributed by atoms with Crippen molar-refractivity contribution in [3.05, 3.63) is 65.7 Å². The Morgan fingerprint density at radius 3 is 2.40 bits per heavy atom. The summed E-state index contributed by atoms with van der Waals surface area (Å²) < 4.78 is 41.7. The zero-order chi connectivity index (χ0) is 24.5. The Hall–Kier alpha value is -4.22. The molecule has 9 nitrogen and oxygen atoms in total. The minimum absolute atomic E-state index is 0.0533. The summed E-state index contributed by atoms with van der Waals surface area (Å²) in [6, 6.07) is 5.07. The Morgan fingerprint density at radius 2 is 1.71 bits per heavy atom. The van der Waals surface area contributed by atoms with Gasteiger partial charge in [0.05, 0.1) is 12.2 Å². The van der Waals surface area contributed by atoms with Crippen LogP contribution >= 0.6 is 0 Å². The van der Waals surface area contributed by atoms with Crippen molar-refractivity contribution in [1.82, 2.24) is 24.9 Å². The molecule has 180 valence electrons. The van der Waals surface area contributed by atoms with Crippen LogP contribution in [0.2, 0.25) is 0 Å². The van der Waals surface area contributed by atoms with Crippen LogP contribution < -0.4 is 4.90 Å². The SMILES string of the molecule is O=C(N1CCN(c2ncc(F)c(-c3ccc(O)nc3)n2)CC1)N1N=CC[C@H]1c1cc(F)cc(F)c1. The number of halogens is 3. The highest BCUT2D eigenvalue weighted by Gasteiger charge is 2.34. The van der Waals surface area contributed by atoms with Gasteiger partial charge in [-0.2, -0.15) is 5.10 Å². The first kappa shape index (κ1) is 22.6. The van der Waals surface area contributed by atoms with Crippen LogP contribution in [0.5, 0.6) is 5.88 Å². The second-order valence-electron chi connectivity index (χ2n) is 8.13. The number of hydrogen-bond donors (Lipinski definition) is 1. The van der Waals surface area contributed by atoms with E-state index in [-0.39, 0.29) is 17.6 Å². The van der Waals surface area contributed by atoms with Gasteiger partial charge in [0.1, 0.15) is 17.3 Å². The van der Waals surface area contributed by atoms with E-state index in [0.717, 1.165) is 12.3 Å². The summed E-state index contributed by atoms with van der Waals surface area (Å²) in [7, 11) is 0. The zero-order valence-electron chi connectivity index (χ0n) is 18.4. The summed E-state index contributed by atoms with van der Waals surface area (Å²) in [5, 5.41) is 14.7. The topological polar surface area (TPSA) is 98.0 Å². The van der Waals surface area contributed by atoms with Gasteiger partial charge >= 0.3 is 6.03 Å². The molecule has 1 atom stereocenters. The van der Waals surface area contributed by atoms with Gasteiger partial charge < -0.3 is 14.9 Å². The molecule has 12 heteroatoms. The molecule has 2 aromatic heterocycles. The molecule has 2 aliphatic heterocycles. The maximum Gasteiger partial charge on any atom is 0.341 e. The van der Waals surface area contributed by atoms with Gasteiger partial charge in [-0.1, -0.05) is 0 Å². The van der Waals surface area contributed by atoms with E-state index in [2.05, 4.69) is 20.1 Å². The van der Waals surface area contributed by atoms with Crippen molar-refractivity contribution in [3.63, 3.8) is 0 Å². The molecule has 2 amide bonds. The van der Waals surface area contributed by atoms with Gasteiger partial charge in [-0.15, -0.1) is 0 Å². The van der Waals surface area contributed by atoms with Gasteiger partial charge in [-0.05, 0) is 23.8 Å². The number of hydrazone groups is 1. The average molecular weight is 483 g/mol. The fraction of sp³-hybridized carbons (Fsp3) is 0.261. The molecule has 0 spiro atoms. The molecule has 2 aliphatic rings. The number of urea groups is 1. The van der Waals surface area contributed by atoms with Crippen LogP contribution in [0.25, 0.3) is 11.3 Å². The molecule has 0 saturated carbocycles. The number of carbonyl (C=O) groups is 1. The first-order valence-electron chi connectivity index (χ1n) is 10.9. The van der Waals surface area contributed by atoms with Crippen molar-refractivity contribution < 1.29 is 23.1 Å². The molecule has 0 radical (unpaired) electrons. The predicted molar refractivity (Wildman–Crippen MR) is 120 cm³/mol. The van der Waals surface area contributed by atoms with E-state index in [0.29, 0.717) is 49.7 Å². The Balaban J connectivity index is 1.27. The van der Waals surface area contributed by atoms with Gasteiger partial charge in [-0.25, -0.2) is 37.9 Å². The predicted octanol–water partition coefficient (Wildman–Crippen LogP) is 3.34. The van der Waals surface area contributed by atoms with Gasteiger partial charge in [-0.3, -0.25) is 0 Å². The van der Waals surface area contributed by atoms with Crippen molar-refractivity contribution in [2.75, 3.05) is 31.1 Å². The van der Waals surface area contributed by atoms with Gasteiger partial charge in [0, 0.05) is 62.7 Å². The first-order chi connectivity index (χ1) is 16.9. The van der Waals surface area contributed by atoms with E-state index in [1.807, 2.05) is 4.90 Å². The highest BCUT2D eigenvalue weighted by atomic mass is 19.1. The van der Waals surface area contributed by atoms with Gasteiger partial charge in [0.2, 0.25) is 11.8 Å². The lowest BCUT2D eigenvalue weighted by molar-refractivity contribution is 0.139. The third-order valence-corrected chi connectivity index (χ3v) is 5.88. The van der Waals surface area contributed by atoms with E-state index < -0.39 is 23.5 Å². The van der Waals surface area contributed by atoms with Crippen molar-refractivity contribution in [2.45, 2.75) is 12.5 Å². The maximum absolute atomic E-state index is 14.3. The Bertz CT molecular complexity index is 1260. The number of rotatable bonds is 3. The minimum Gasteiger partial charge on any atom is -0.493 e. The van der Waals surface area contributed by atoms with Crippen LogP contribution in [0, 0.1) is 17.5 Å². The lowest BCUT2D eigenvalue weighted by atomic mass is 10.0. The summed E-state index contributed by atoms with van der Waals surface area (Å²) in [5.41, 5.74) is 0.782. The van der Waals surface area contributed by atoms with Crippen LogP contribution in [0.3, 0.4) is 0 Å². The Morgan fingerprint density at radius 1 is 0.971 bits per heavy atom. The van der Waals surface area contributed by atoms with Crippen molar-refractivity contribution in [2.24, 2.45) is 5.10 Å². The lowest BCUT2D eigenvalue weighted by Gasteiger charge is -2.37. The number of nitrogens with zero attached hydrogens (tertiary/aromatic N) is 7. The molecular weight excluding hydrogens is 463 g/mol. The number of amides is 2. The summed E-state index contributed by atoms with van der Waals surface area (Å²) in [6.07, 6.45) is 4.29. The molecule has 1 fully saturated rings. The molecule has 0 unspecified atom stereocenters. The van der Waals surface area contributed by atoms with Gasteiger partial charge in [0.15, 0.2) is 5.82 Å². The molecule has 4 heterocycles. The smallest absolute Gasteiger partial charge is 0.341 e. The normalized spacial score (nSPS) is 17.8. The molecule has 5 rings (SSSR count). The van der Waals surface area contributed by atoms with E-state index in [1.54, 1.807) is 11.1 Å². The highest BCUT2D eigenvalue weighted by molar-refractivity contribution is 5.78. The molecule has 0 bridgehead atoms. The maximum atomic E-state index is 14.3. The lowest BCUT2D eigenvalue weighted by Crippen LogP contribution is -2.52. The average Bonchev–Trinajstić information content (AvgIpc) is 3.34. The third-order valence-electron chi connectivity index (χ3n) is 5.88. The second-order valence-corrected chi connectivity index (χ2v) is 8.13.